The number of hydrogen-bond donors (Lipinski definition) is 1. The number of nitrogens with zero attached hydrogens (tertiary/aromatic N) is 4. The Bertz CT molecular complexity index is 2590. The fourth-order valence-electron chi connectivity index (χ4n) is 9.81. The monoisotopic (exact) mass is 772 g/mol. The van der Waals surface area contributed by atoms with Crippen LogP contribution in [0.25, 0.3) is 20.7 Å². The van der Waals surface area contributed by atoms with E-state index in [1.165, 1.54) is 16.7 Å². The maximum Gasteiger partial charge on any atom is 0.242 e. The van der Waals surface area contributed by atoms with E-state index < -0.39 is 46.8 Å². The summed E-state index contributed by atoms with van der Waals surface area (Å²) < 4.78 is 2.59. The van der Waals surface area contributed by atoms with E-state index in [0.717, 1.165) is 26.1 Å². The van der Waals surface area contributed by atoms with Crippen molar-refractivity contribution >= 4 is 73.9 Å². The fourth-order valence-corrected chi connectivity index (χ4v) is 11.1. The second-order valence-corrected chi connectivity index (χ2v) is 17.0. The molecule has 6 atom stereocenters. The number of Topliss-reactive ketones (excluding diaryl/α,β-unsaturated/α-hetero) is 1. The SMILES string of the molecule is CC(=O)c1ccc(N2C(=O)[C@H]3[C@H](CC=C4[C@H]3C[C@H]3C(=O)N(c5cc(-c6sc7ccc(Cl)cc7c6C)nn5C)C(=O)[C@@]3(C)[C@H]4c3cccc(C)c3O)C2=O)cc1. The molecule has 3 fully saturated rings. The molecule has 12 heteroatoms. The van der Waals surface area contributed by atoms with Gasteiger partial charge in [0, 0.05) is 39.9 Å². The summed E-state index contributed by atoms with van der Waals surface area (Å²) in [7, 11) is 1.71. The van der Waals surface area contributed by atoms with Gasteiger partial charge in [-0.25, -0.2) is 4.90 Å². The number of fused-ring (bicyclic) bond motifs is 5. The van der Waals surface area contributed by atoms with Gasteiger partial charge in [0.25, 0.3) is 0 Å². The quantitative estimate of drug-likeness (QED) is 0.109. The van der Waals surface area contributed by atoms with Crippen LogP contribution in [0.2, 0.25) is 5.02 Å². The van der Waals surface area contributed by atoms with Crippen LogP contribution in [-0.4, -0.2) is 44.3 Å². The van der Waals surface area contributed by atoms with Gasteiger partial charge in [-0.2, -0.15) is 5.10 Å². The number of aryl methyl sites for hydroxylation is 3. The molecule has 9 rings (SSSR count). The molecule has 2 aromatic heterocycles. The standard InChI is InChI=1S/C43H37ClN4O6S/c1-20-7-6-8-28(37(20)50)36-26-14-15-27-35(41(53)47(39(27)51)25-12-9-23(10-13-25)22(3)49)30(26)18-31-40(52)48(42(54)43(31,36)4)34-19-32(45-46(34)5)38-21(2)29-17-24(44)11-16-33(29)55-38/h6-14,16-17,19,27,30-31,35-36,50H,15,18H2,1-5H3/t27-,30+,31-,35-,36+,43+/m0/s1. The lowest BCUT2D eigenvalue weighted by Crippen LogP contribution is -2.49. The van der Waals surface area contributed by atoms with E-state index in [1.54, 1.807) is 79.4 Å². The number of phenols is 1. The first-order valence-corrected chi connectivity index (χ1v) is 19.5. The summed E-state index contributed by atoms with van der Waals surface area (Å²) >= 11 is 7.87. The molecule has 0 bridgehead atoms. The molecule has 278 valence electrons. The number of anilines is 2. The molecular weight excluding hydrogens is 736 g/mol. The predicted molar refractivity (Wildman–Crippen MR) is 210 cm³/mol. The summed E-state index contributed by atoms with van der Waals surface area (Å²) in [4.78, 5) is 73.8. The molecule has 0 spiro atoms. The Kier molecular flexibility index (Phi) is 7.91. The summed E-state index contributed by atoms with van der Waals surface area (Å²) in [6.45, 7) is 7.04. The maximum atomic E-state index is 15.1. The normalized spacial score (nSPS) is 26.1. The summed E-state index contributed by atoms with van der Waals surface area (Å²) in [6.07, 6.45) is 2.40. The lowest BCUT2D eigenvalue weighted by Gasteiger charge is -2.49. The van der Waals surface area contributed by atoms with Gasteiger partial charge < -0.3 is 5.11 Å². The second kappa shape index (κ2) is 12.3. The van der Waals surface area contributed by atoms with E-state index in [1.807, 2.05) is 37.3 Å². The topological polar surface area (TPSA) is 130 Å². The predicted octanol–water partition coefficient (Wildman–Crippen LogP) is 7.92. The zero-order valence-corrected chi connectivity index (χ0v) is 32.4. The van der Waals surface area contributed by atoms with Crippen molar-refractivity contribution in [2.24, 2.45) is 36.1 Å². The minimum absolute atomic E-state index is 0.0269. The first-order chi connectivity index (χ1) is 26.2. The number of imide groups is 2. The van der Waals surface area contributed by atoms with Crippen LogP contribution in [0.1, 0.15) is 59.7 Å². The Labute approximate surface area is 326 Å². The number of para-hydroxylation sites is 1. The minimum atomic E-state index is -1.33. The highest BCUT2D eigenvalue weighted by molar-refractivity contribution is 7.22. The number of hydrogen-bond acceptors (Lipinski definition) is 8. The van der Waals surface area contributed by atoms with Crippen LogP contribution >= 0.6 is 22.9 Å². The molecule has 3 aromatic carbocycles. The number of carbonyl (C=O) groups is 5. The maximum absolute atomic E-state index is 15.1. The van der Waals surface area contributed by atoms with E-state index in [4.69, 9.17) is 16.7 Å². The van der Waals surface area contributed by atoms with E-state index in [9.17, 15) is 24.3 Å². The van der Waals surface area contributed by atoms with Crippen molar-refractivity contribution in [3.8, 4) is 16.3 Å². The van der Waals surface area contributed by atoms with E-state index in [-0.39, 0.29) is 36.2 Å². The van der Waals surface area contributed by atoms with Crippen LogP contribution in [0, 0.1) is 42.9 Å². The third kappa shape index (κ3) is 4.91. The van der Waals surface area contributed by atoms with Crippen molar-refractivity contribution in [1.29, 1.82) is 0 Å². The molecule has 4 amide bonds. The zero-order chi connectivity index (χ0) is 38.8. The molecule has 0 radical (unpaired) electrons. The Morgan fingerprint density at radius 1 is 0.945 bits per heavy atom. The van der Waals surface area contributed by atoms with Gasteiger partial charge in [0.05, 0.1) is 33.7 Å². The van der Waals surface area contributed by atoms with Gasteiger partial charge in [0.2, 0.25) is 23.6 Å². The number of carbonyl (C=O) groups excluding carboxylic acids is 5. The molecular formula is C43H37ClN4O6S. The number of aromatic nitrogens is 2. The molecule has 0 unspecified atom stereocenters. The third-order valence-corrected chi connectivity index (χ3v) is 14.1. The molecule has 1 saturated carbocycles. The molecule has 2 aliphatic heterocycles. The number of benzene rings is 3. The average Bonchev–Trinajstić information content (AvgIpc) is 3.83. The van der Waals surface area contributed by atoms with Gasteiger partial charge in [-0.15, -0.1) is 11.3 Å². The molecule has 4 heterocycles. The van der Waals surface area contributed by atoms with E-state index in [2.05, 4.69) is 0 Å². The number of phenolic OH excluding ortho intramolecular Hbond substituents is 1. The highest BCUT2D eigenvalue weighted by atomic mass is 35.5. The van der Waals surface area contributed by atoms with Crippen LogP contribution in [-0.2, 0) is 26.2 Å². The van der Waals surface area contributed by atoms with E-state index in [0.29, 0.717) is 38.9 Å². The van der Waals surface area contributed by atoms with Gasteiger partial charge in [-0.3, -0.25) is 33.6 Å². The molecule has 1 N–H and O–H groups in total. The van der Waals surface area contributed by atoms with Gasteiger partial charge in [-0.05, 0) is 105 Å². The van der Waals surface area contributed by atoms with Crippen molar-refractivity contribution in [1.82, 2.24) is 9.78 Å². The molecule has 4 aliphatic rings. The van der Waals surface area contributed by atoms with Gasteiger partial charge in [0.15, 0.2) is 5.78 Å². The fraction of sp³-hybridized carbons (Fsp3) is 0.302. The van der Waals surface area contributed by atoms with Crippen molar-refractivity contribution in [2.75, 3.05) is 9.80 Å². The molecule has 10 nitrogen and oxygen atoms in total. The second-order valence-electron chi connectivity index (χ2n) is 15.5. The number of aromatic hydroxyl groups is 1. The first-order valence-electron chi connectivity index (χ1n) is 18.3. The summed E-state index contributed by atoms with van der Waals surface area (Å²) in [5.41, 5.74) is 3.03. The van der Waals surface area contributed by atoms with Crippen molar-refractivity contribution < 1.29 is 29.1 Å². The third-order valence-electron chi connectivity index (χ3n) is 12.6. The number of ketones is 1. The van der Waals surface area contributed by atoms with Crippen LogP contribution < -0.4 is 9.80 Å². The number of allylic oxidation sites excluding steroid dienone is 2. The minimum Gasteiger partial charge on any atom is -0.507 e. The number of amides is 4. The highest BCUT2D eigenvalue weighted by Crippen LogP contribution is 2.64. The van der Waals surface area contributed by atoms with Crippen LogP contribution in [0.3, 0.4) is 0 Å². The van der Waals surface area contributed by atoms with E-state index >= 15 is 4.79 Å². The Hall–Kier alpha value is -5.39. The lowest BCUT2D eigenvalue weighted by molar-refractivity contribution is -0.131. The average molecular weight is 773 g/mol. The molecule has 2 saturated heterocycles. The summed E-state index contributed by atoms with van der Waals surface area (Å²) in [6, 6.07) is 19.3. The van der Waals surface area contributed by atoms with Crippen LogP contribution in [0.15, 0.2) is 78.4 Å². The summed E-state index contributed by atoms with van der Waals surface area (Å²) in [5, 5.41) is 18.0. The first kappa shape index (κ1) is 35.3. The van der Waals surface area contributed by atoms with Crippen molar-refractivity contribution in [3.63, 3.8) is 0 Å². The number of halogens is 1. The van der Waals surface area contributed by atoms with Crippen molar-refractivity contribution in [3.05, 3.63) is 106 Å². The zero-order valence-electron chi connectivity index (χ0n) is 30.8. The smallest absolute Gasteiger partial charge is 0.242 e. The Balaban J connectivity index is 1.14. The summed E-state index contributed by atoms with van der Waals surface area (Å²) in [5.74, 6) is -4.92. The van der Waals surface area contributed by atoms with Gasteiger partial charge >= 0.3 is 0 Å². The number of thiophene rings is 1. The van der Waals surface area contributed by atoms with Crippen LogP contribution in [0.5, 0.6) is 5.75 Å². The largest absolute Gasteiger partial charge is 0.507 e. The van der Waals surface area contributed by atoms with Gasteiger partial charge in [-0.1, -0.05) is 41.4 Å². The van der Waals surface area contributed by atoms with Gasteiger partial charge in [0.1, 0.15) is 17.3 Å². The lowest BCUT2D eigenvalue weighted by atomic mass is 9.51. The van der Waals surface area contributed by atoms with Crippen molar-refractivity contribution in [2.45, 2.75) is 46.5 Å². The molecule has 5 aromatic rings. The van der Waals surface area contributed by atoms with Crippen LogP contribution in [0.4, 0.5) is 11.5 Å². The molecule has 2 aliphatic carbocycles. The Morgan fingerprint density at radius 3 is 2.42 bits per heavy atom. The Morgan fingerprint density at radius 2 is 1.69 bits per heavy atom. The highest BCUT2D eigenvalue weighted by Gasteiger charge is 2.68. The molecule has 55 heavy (non-hydrogen) atoms. The number of rotatable bonds is 5.